The third-order valence-corrected chi connectivity index (χ3v) is 8.96. The first-order valence-electron chi connectivity index (χ1n) is 17.8. The Hall–Kier alpha value is -0.0400. The highest BCUT2D eigenvalue weighted by Crippen LogP contribution is 2.38. The van der Waals surface area contributed by atoms with Gasteiger partial charge in [0.05, 0.1) is 0 Å². The Balaban J connectivity index is 4.89. The van der Waals surface area contributed by atoms with Gasteiger partial charge in [-0.25, -0.2) is 5.11 Å². The molecule has 0 heterocycles. The number of hydrogen-bond acceptors (Lipinski definition) is 0. The third-order valence-electron chi connectivity index (χ3n) is 8.96. The summed E-state index contributed by atoms with van der Waals surface area (Å²) < 4.78 is 0. The highest BCUT2D eigenvalue weighted by molar-refractivity contribution is 4.86. The molecule has 0 aromatic heterocycles. The van der Waals surface area contributed by atoms with Gasteiger partial charge in [-0.1, -0.05) is 195 Å². The van der Waals surface area contributed by atoms with Crippen molar-refractivity contribution >= 4 is 0 Å². The van der Waals surface area contributed by atoms with Crippen LogP contribution < -0.4 is 0 Å². The molecule has 0 N–H and O–H groups in total. The van der Waals surface area contributed by atoms with Crippen LogP contribution in [0.25, 0.3) is 0 Å². The monoisotopic (exact) mass is 522 g/mol. The molecule has 0 rings (SSSR count). The van der Waals surface area contributed by atoms with Crippen molar-refractivity contribution in [2.24, 2.45) is 5.92 Å². The second-order valence-electron chi connectivity index (χ2n) is 12.6. The predicted molar refractivity (Wildman–Crippen MR) is 168 cm³/mol. The minimum atomic E-state index is -0.653. The van der Waals surface area contributed by atoms with Crippen LogP contribution in [-0.4, -0.2) is 5.60 Å². The summed E-state index contributed by atoms with van der Waals surface area (Å²) in [5.74, 6) is 0.421. The van der Waals surface area contributed by atoms with Crippen LogP contribution in [0.3, 0.4) is 0 Å². The average Bonchev–Trinajstić information content (AvgIpc) is 2.90. The normalized spacial score (nSPS) is 12.9. The van der Waals surface area contributed by atoms with E-state index in [1.165, 1.54) is 180 Å². The van der Waals surface area contributed by atoms with Gasteiger partial charge in [-0.15, -0.1) is 0 Å². The Morgan fingerprint density at radius 3 is 0.892 bits per heavy atom. The minimum absolute atomic E-state index is 0.421. The molecular formula is C36H73O. The molecule has 0 spiro atoms. The van der Waals surface area contributed by atoms with Gasteiger partial charge in [0.1, 0.15) is 5.60 Å². The lowest BCUT2D eigenvalue weighted by molar-refractivity contribution is -0.0998. The molecule has 0 saturated carbocycles. The summed E-state index contributed by atoms with van der Waals surface area (Å²) in [4.78, 5) is 0. The molecule has 0 aromatic carbocycles. The Bertz CT molecular complexity index is 401. The van der Waals surface area contributed by atoms with Gasteiger partial charge in [-0.3, -0.25) is 0 Å². The molecule has 0 saturated heterocycles. The molecule has 0 aliphatic rings. The van der Waals surface area contributed by atoms with E-state index in [0.29, 0.717) is 5.92 Å². The molecular weight excluding hydrogens is 448 g/mol. The van der Waals surface area contributed by atoms with E-state index in [2.05, 4.69) is 27.7 Å². The fraction of sp³-hybridized carbons (Fsp3) is 1.00. The summed E-state index contributed by atoms with van der Waals surface area (Å²) in [5, 5.41) is 14.6. The van der Waals surface area contributed by atoms with Crippen LogP contribution in [0.5, 0.6) is 0 Å². The average molecular weight is 522 g/mol. The summed E-state index contributed by atoms with van der Waals surface area (Å²) in [5.41, 5.74) is -0.653. The van der Waals surface area contributed by atoms with E-state index < -0.39 is 5.60 Å². The molecule has 1 radical (unpaired) electrons. The number of unbranched alkanes of at least 4 members (excludes halogenated alkanes) is 22. The van der Waals surface area contributed by atoms with Crippen molar-refractivity contribution < 1.29 is 5.11 Å². The minimum Gasteiger partial charge on any atom is -0.229 e. The van der Waals surface area contributed by atoms with Crippen molar-refractivity contribution in [1.82, 2.24) is 0 Å². The fourth-order valence-electron chi connectivity index (χ4n) is 6.31. The van der Waals surface area contributed by atoms with Crippen molar-refractivity contribution in [2.75, 3.05) is 0 Å². The van der Waals surface area contributed by atoms with E-state index in [9.17, 15) is 5.11 Å². The first kappa shape index (κ1) is 37.0. The van der Waals surface area contributed by atoms with Gasteiger partial charge in [0, 0.05) is 0 Å². The molecule has 1 unspecified atom stereocenters. The zero-order valence-corrected chi connectivity index (χ0v) is 26.7. The van der Waals surface area contributed by atoms with E-state index in [1.54, 1.807) is 0 Å². The maximum Gasteiger partial charge on any atom is 0.106 e. The van der Waals surface area contributed by atoms with Gasteiger partial charge in [0.2, 0.25) is 0 Å². The summed E-state index contributed by atoms with van der Waals surface area (Å²) in [6, 6.07) is 0. The highest BCUT2D eigenvalue weighted by atomic mass is 16.3. The lowest BCUT2D eigenvalue weighted by atomic mass is 9.74. The fourth-order valence-corrected chi connectivity index (χ4v) is 6.31. The van der Waals surface area contributed by atoms with E-state index in [4.69, 9.17) is 0 Å². The molecule has 0 aliphatic heterocycles. The zero-order chi connectivity index (χ0) is 27.3. The second-order valence-corrected chi connectivity index (χ2v) is 12.6. The summed E-state index contributed by atoms with van der Waals surface area (Å²) >= 11 is 0. The molecule has 0 amide bonds. The summed E-state index contributed by atoms with van der Waals surface area (Å²) in [7, 11) is 0. The van der Waals surface area contributed by atoms with E-state index in [-0.39, 0.29) is 0 Å². The first-order chi connectivity index (χ1) is 18.1. The molecule has 0 bridgehead atoms. The lowest BCUT2D eigenvalue weighted by Crippen LogP contribution is -2.37. The van der Waals surface area contributed by atoms with Crippen molar-refractivity contribution in [2.45, 2.75) is 226 Å². The number of rotatable bonds is 31. The van der Waals surface area contributed by atoms with E-state index in [0.717, 1.165) is 12.8 Å². The second kappa shape index (κ2) is 29.0. The molecule has 1 atom stereocenters. The summed E-state index contributed by atoms with van der Waals surface area (Å²) in [6.45, 7) is 9.19. The van der Waals surface area contributed by atoms with Gasteiger partial charge >= 0.3 is 0 Å². The van der Waals surface area contributed by atoms with Crippen LogP contribution in [0.1, 0.15) is 220 Å². The van der Waals surface area contributed by atoms with E-state index in [1.807, 2.05) is 0 Å². The Kier molecular flexibility index (Phi) is 28.9. The van der Waals surface area contributed by atoms with Gasteiger partial charge in [-0.05, 0) is 31.6 Å². The molecule has 223 valence electrons. The van der Waals surface area contributed by atoms with Crippen LogP contribution in [0, 0.1) is 5.92 Å². The molecule has 0 aliphatic carbocycles. The highest BCUT2D eigenvalue weighted by Gasteiger charge is 2.36. The Morgan fingerprint density at radius 1 is 0.351 bits per heavy atom. The molecule has 0 aromatic rings. The predicted octanol–water partition coefficient (Wildman–Crippen LogP) is 13.6. The van der Waals surface area contributed by atoms with E-state index >= 15 is 0 Å². The van der Waals surface area contributed by atoms with Gasteiger partial charge in [0.25, 0.3) is 0 Å². The van der Waals surface area contributed by atoms with Crippen LogP contribution in [0.2, 0.25) is 0 Å². The smallest absolute Gasteiger partial charge is 0.106 e. The summed E-state index contributed by atoms with van der Waals surface area (Å²) in [6.07, 6.45) is 39.0. The van der Waals surface area contributed by atoms with Gasteiger partial charge in [-0.2, -0.15) is 0 Å². The zero-order valence-electron chi connectivity index (χ0n) is 26.7. The Morgan fingerprint density at radius 2 is 0.595 bits per heavy atom. The molecule has 1 heteroatoms. The molecule has 0 fully saturated rings. The Labute approximate surface area is 236 Å². The quantitative estimate of drug-likeness (QED) is 0.0808. The van der Waals surface area contributed by atoms with Crippen LogP contribution in [-0.2, 0) is 5.11 Å². The largest absolute Gasteiger partial charge is 0.229 e. The van der Waals surface area contributed by atoms with Crippen molar-refractivity contribution in [3.63, 3.8) is 0 Å². The maximum absolute atomic E-state index is 14.6. The van der Waals surface area contributed by atoms with Crippen LogP contribution in [0.4, 0.5) is 0 Å². The lowest BCUT2D eigenvalue weighted by Gasteiger charge is -2.35. The topological polar surface area (TPSA) is 19.9 Å². The standard InChI is InChI=1S/C36H73O/c1-5-9-13-17-21-22-24-28-32-35(31-27-23-18-14-10-6-2)36(37,33-29-25-19-15-11-7-3)34-30-26-20-16-12-8-4/h35H,5-34H2,1-4H3. The molecule has 1 nitrogen and oxygen atoms in total. The van der Waals surface area contributed by atoms with Crippen molar-refractivity contribution in [1.29, 1.82) is 0 Å². The van der Waals surface area contributed by atoms with Crippen LogP contribution in [0.15, 0.2) is 0 Å². The first-order valence-corrected chi connectivity index (χ1v) is 17.8. The maximum atomic E-state index is 14.6. The SMILES string of the molecule is CCCCCCCCCCC(CCCCCCCC)C([O])(CCCCCCCC)CCCCCCCC. The third kappa shape index (κ3) is 23.6. The van der Waals surface area contributed by atoms with Crippen molar-refractivity contribution in [3.8, 4) is 0 Å². The number of hydrogen-bond donors (Lipinski definition) is 0. The van der Waals surface area contributed by atoms with Gasteiger partial charge in [0.15, 0.2) is 0 Å². The van der Waals surface area contributed by atoms with Crippen molar-refractivity contribution in [3.05, 3.63) is 0 Å². The molecule has 37 heavy (non-hydrogen) atoms. The van der Waals surface area contributed by atoms with Gasteiger partial charge < -0.3 is 0 Å². The van der Waals surface area contributed by atoms with Crippen LogP contribution >= 0.6 is 0 Å².